The van der Waals surface area contributed by atoms with Crippen molar-refractivity contribution < 1.29 is 21.8 Å². The molecule has 2 rings (SSSR count). The number of hydrogen-bond acceptors (Lipinski definition) is 4. The zero-order valence-electron chi connectivity index (χ0n) is 15.0. The lowest BCUT2D eigenvalue weighted by molar-refractivity contribution is 0.0666. The van der Waals surface area contributed by atoms with Gasteiger partial charge in [0, 0.05) is 12.6 Å². The Balaban J connectivity index is 2.23. The van der Waals surface area contributed by atoms with Gasteiger partial charge in [0.05, 0.1) is 11.8 Å². The fourth-order valence-electron chi connectivity index (χ4n) is 2.46. The summed E-state index contributed by atoms with van der Waals surface area (Å²) in [6.45, 7) is 4.14. The largest absolute Gasteiger partial charge is 0.383 e. The van der Waals surface area contributed by atoms with Gasteiger partial charge in [-0.1, -0.05) is 31.2 Å². The van der Waals surface area contributed by atoms with Gasteiger partial charge in [0.25, 0.3) is 5.91 Å². The van der Waals surface area contributed by atoms with Crippen LogP contribution in [0.4, 0.5) is 4.39 Å². The highest BCUT2D eigenvalue weighted by atomic mass is 32.2. The predicted molar refractivity (Wildman–Crippen MR) is 97.9 cm³/mol. The molecule has 0 bridgehead atoms. The Labute approximate surface area is 153 Å². The highest BCUT2D eigenvalue weighted by molar-refractivity contribution is 7.86. The lowest BCUT2D eigenvalue weighted by atomic mass is 10.1. The summed E-state index contributed by atoms with van der Waals surface area (Å²) in [5.74, 6) is -0.733. The monoisotopic (exact) mass is 379 g/mol. The summed E-state index contributed by atoms with van der Waals surface area (Å²) in [6.07, 6.45) is 1.69. The molecule has 2 aromatic rings. The summed E-state index contributed by atoms with van der Waals surface area (Å²) < 4.78 is 41.1. The number of nitrogens with zero attached hydrogens (tertiary/aromatic N) is 1. The predicted octanol–water partition coefficient (Wildman–Crippen LogP) is 3.61. The molecule has 0 spiro atoms. The molecule has 0 N–H and O–H groups in total. The van der Waals surface area contributed by atoms with E-state index in [0.29, 0.717) is 0 Å². The van der Waals surface area contributed by atoms with Crippen molar-refractivity contribution in [3.05, 3.63) is 65.5 Å². The Morgan fingerprint density at radius 3 is 2.31 bits per heavy atom. The van der Waals surface area contributed by atoms with Crippen LogP contribution in [-0.4, -0.2) is 31.5 Å². The molecule has 26 heavy (non-hydrogen) atoms. The van der Waals surface area contributed by atoms with Crippen molar-refractivity contribution in [2.24, 2.45) is 0 Å². The Morgan fingerprint density at radius 2 is 1.77 bits per heavy atom. The minimum atomic E-state index is -3.59. The van der Waals surface area contributed by atoms with Crippen molar-refractivity contribution in [1.29, 1.82) is 0 Å². The molecular weight excluding hydrogens is 357 g/mol. The van der Waals surface area contributed by atoms with E-state index in [9.17, 15) is 17.6 Å². The van der Waals surface area contributed by atoms with Gasteiger partial charge in [-0.3, -0.25) is 4.79 Å². The fraction of sp³-hybridized carbons (Fsp3) is 0.316. The van der Waals surface area contributed by atoms with Gasteiger partial charge in [-0.25, -0.2) is 4.39 Å². The van der Waals surface area contributed by atoms with Crippen molar-refractivity contribution in [3.63, 3.8) is 0 Å². The molecule has 0 heterocycles. The first-order valence-corrected chi connectivity index (χ1v) is 10.1. The normalized spacial score (nSPS) is 12.5. The molecule has 1 atom stereocenters. The average molecular weight is 379 g/mol. The van der Waals surface area contributed by atoms with Gasteiger partial charge in [0.1, 0.15) is 11.6 Å². The number of rotatable bonds is 7. The molecule has 5 nitrogen and oxygen atoms in total. The molecule has 0 aliphatic rings. The molecule has 0 aliphatic heterocycles. The summed E-state index contributed by atoms with van der Waals surface area (Å²) in [5, 5.41) is 0. The van der Waals surface area contributed by atoms with E-state index in [0.717, 1.165) is 18.2 Å². The molecule has 0 fully saturated rings. The Bertz CT molecular complexity index is 865. The molecule has 0 aliphatic carbocycles. The van der Waals surface area contributed by atoms with E-state index < -0.39 is 15.9 Å². The molecule has 0 unspecified atom stereocenters. The molecule has 0 radical (unpaired) electrons. The van der Waals surface area contributed by atoms with Crippen LogP contribution in [0.25, 0.3) is 0 Å². The van der Waals surface area contributed by atoms with Crippen LogP contribution in [0.5, 0.6) is 5.75 Å². The lowest BCUT2D eigenvalue weighted by Gasteiger charge is -2.29. The minimum Gasteiger partial charge on any atom is -0.383 e. The standard InChI is InChI=1S/C19H22FNO4S/c1-4-14(2)21(19(22)17-7-5-6-8-18(17)20)13-15-9-11-16(12-10-15)25-26(3,23)24/h5-12,14H,4,13H2,1-3H3/t14-/m1/s1. The summed E-state index contributed by atoms with van der Waals surface area (Å²) in [7, 11) is -3.59. The third-order valence-electron chi connectivity index (χ3n) is 4.01. The SMILES string of the molecule is CC[C@@H](C)N(Cc1ccc(OS(C)(=O)=O)cc1)C(=O)c1ccccc1F. The van der Waals surface area contributed by atoms with E-state index >= 15 is 0 Å². The Kier molecular flexibility index (Phi) is 6.37. The van der Waals surface area contributed by atoms with Gasteiger partial charge in [-0.05, 0) is 43.2 Å². The Morgan fingerprint density at radius 1 is 1.15 bits per heavy atom. The molecule has 1 amide bonds. The number of carbonyl (C=O) groups excluding carboxylic acids is 1. The van der Waals surface area contributed by atoms with Crippen molar-refractivity contribution in [1.82, 2.24) is 4.90 Å². The quantitative estimate of drug-likeness (QED) is 0.690. The maximum Gasteiger partial charge on any atom is 0.306 e. The van der Waals surface area contributed by atoms with Crippen LogP contribution in [0, 0.1) is 5.82 Å². The van der Waals surface area contributed by atoms with Crippen LogP contribution in [0.15, 0.2) is 48.5 Å². The first-order chi connectivity index (χ1) is 12.2. The maximum absolute atomic E-state index is 14.0. The van der Waals surface area contributed by atoms with Gasteiger partial charge < -0.3 is 9.08 Å². The van der Waals surface area contributed by atoms with Crippen molar-refractivity contribution >= 4 is 16.0 Å². The fourth-order valence-corrected chi connectivity index (χ4v) is 2.92. The highest BCUT2D eigenvalue weighted by Gasteiger charge is 2.23. The smallest absolute Gasteiger partial charge is 0.306 e. The second-order valence-electron chi connectivity index (χ2n) is 6.10. The van der Waals surface area contributed by atoms with Gasteiger partial charge in [-0.2, -0.15) is 8.42 Å². The zero-order chi connectivity index (χ0) is 19.3. The lowest BCUT2D eigenvalue weighted by Crippen LogP contribution is -2.38. The zero-order valence-corrected chi connectivity index (χ0v) is 15.8. The number of halogens is 1. The molecule has 0 saturated heterocycles. The van der Waals surface area contributed by atoms with Gasteiger partial charge >= 0.3 is 10.1 Å². The van der Waals surface area contributed by atoms with E-state index in [-0.39, 0.29) is 29.8 Å². The highest BCUT2D eigenvalue weighted by Crippen LogP contribution is 2.19. The van der Waals surface area contributed by atoms with Crippen LogP contribution >= 0.6 is 0 Å². The van der Waals surface area contributed by atoms with Gasteiger partial charge in [0.2, 0.25) is 0 Å². The molecular formula is C19H22FNO4S. The van der Waals surface area contributed by atoms with Crippen LogP contribution in [0.2, 0.25) is 0 Å². The van der Waals surface area contributed by atoms with E-state index in [4.69, 9.17) is 4.18 Å². The second-order valence-corrected chi connectivity index (χ2v) is 7.68. The van der Waals surface area contributed by atoms with E-state index in [2.05, 4.69) is 0 Å². The summed E-state index contributed by atoms with van der Waals surface area (Å²) in [5.41, 5.74) is 0.820. The number of amides is 1. The van der Waals surface area contributed by atoms with Crippen molar-refractivity contribution in [2.75, 3.05) is 6.26 Å². The number of carbonyl (C=O) groups is 1. The number of benzene rings is 2. The third kappa shape index (κ3) is 5.29. The molecule has 0 saturated carbocycles. The summed E-state index contributed by atoms with van der Waals surface area (Å²) in [6, 6.07) is 12.2. The Hall–Kier alpha value is -2.41. The second kappa shape index (κ2) is 8.31. The van der Waals surface area contributed by atoms with Crippen molar-refractivity contribution in [2.45, 2.75) is 32.9 Å². The first-order valence-electron chi connectivity index (χ1n) is 8.25. The van der Waals surface area contributed by atoms with Gasteiger partial charge in [0.15, 0.2) is 0 Å². The summed E-state index contributed by atoms with van der Waals surface area (Å²) in [4.78, 5) is 14.4. The molecule has 7 heteroatoms. The van der Waals surface area contributed by atoms with E-state index in [1.54, 1.807) is 29.2 Å². The number of hydrogen-bond donors (Lipinski definition) is 0. The van der Waals surface area contributed by atoms with Crippen LogP contribution < -0.4 is 4.18 Å². The van der Waals surface area contributed by atoms with Crippen molar-refractivity contribution in [3.8, 4) is 5.75 Å². The average Bonchev–Trinajstić information content (AvgIpc) is 2.59. The van der Waals surface area contributed by atoms with Crippen LogP contribution in [0.1, 0.15) is 36.2 Å². The first kappa shape index (κ1) is 19.9. The third-order valence-corrected chi connectivity index (χ3v) is 4.51. The van der Waals surface area contributed by atoms with E-state index in [1.807, 2.05) is 13.8 Å². The molecule has 140 valence electrons. The van der Waals surface area contributed by atoms with Crippen LogP contribution in [0.3, 0.4) is 0 Å². The minimum absolute atomic E-state index is 0.0322. The topological polar surface area (TPSA) is 63.7 Å². The summed E-state index contributed by atoms with van der Waals surface area (Å²) >= 11 is 0. The van der Waals surface area contributed by atoms with E-state index in [1.165, 1.54) is 24.3 Å². The maximum atomic E-state index is 14.0. The van der Waals surface area contributed by atoms with Crippen LogP contribution in [-0.2, 0) is 16.7 Å². The van der Waals surface area contributed by atoms with Gasteiger partial charge in [-0.15, -0.1) is 0 Å². The molecule has 0 aromatic heterocycles. The molecule has 2 aromatic carbocycles.